The normalized spacial score (nSPS) is 11.6. The number of benzene rings is 4. The van der Waals surface area contributed by atoms with Crippen LogP contribution >= 0.6 is 0 Å². The Hall–Kier alpha value is -3.70. The molecule has 1 N–H and O–H groups in total. The summed E-state index contributed by atoms with van der Waals surface area (Å²) in [4.78, 5) is 0. The van der Waals surface area contributed by atoms with Gasteiger partial charge in [0.1, 0.15) is 16.9 Å². The number of aromatic nitrogens is 1. The van der Waals surface area contributed by atoms with E-state index in [4.69, 9.17) is 14.1 Å². The molecule has 4 nitrogen and oxygen atoms in total. The van der Waals surface area contributed by atoms with Crippen molar-refractivity contribution in [2.75, 3.05) is 0 Å². The third-order valence-electron chi connectivity index (χ3n) is 5.45. The van der Waals surface area contributed by atoms with Gasteiger partial charge in [-0.3, -0.25) is 0 Å². The maximum Gasteiger partial charge on any atom is 0.569 e. The second kappa shape index (κ2) is 6.16. The van der Waals surface area contributed by atoms with Crippen molar-refractivity contribution in [1.82, 2.24) is 4.57 Å². The molecule has 4 aromatic carbocycles. The molecule has 137 valence electrons. The van der Waals surface area contributed by atoms with Crippen molar-refractivity contribution in [2.45, 2.75) is 0 Å². The number of fused-ring (bicyclic) bond motifs is 6. The summed E-state index contributed by atoms with van der Waals surface area (Å²) in [5, 5.41) is 13.4. The second-order valence-corrected chi connectivity index (χ2v) is 7.03. The van der Waals surface area contributed by atoms with Crippen molar-refractivity contribution in [1.29, 1.82) is 0 Å². The van der Waals surface area contributed by atoms with E-state index in [2.05, 4.69) is 65.2 Å². The summed E-state index contributed by atoms with van der Waals surface area (Å²) in [6, 6.07) is 28.6. The van der Waals surface area contributed by atoms with Gasteiger partial charge in [-0.05, 0) is 48.5 Å². The zero-order valence-corrected chi connectivity index (χ0v) is 15.4. The van der Waals surface area contributed by atoms with Crippen LogP contribution in [-0.4, -0.2) is 17.3 Å². The van der Waals surface area contributed by atoms with Gasteiger partial charge in [0, 0.05) is 27.2 Å². The van der Waals surface area contributed by atoms with Crippen LogP contribution in [-0.2, 0) is 0 Å². The molecule has 2 heterocycles. The van der Waals surface area contributed by atoms with Gasteiger partial charge in [-0.15, -0.1) is 0 Å². The summed E-state index contributed by atoms with van der Waals surface area (Å²) in [6.07, 6.45) is 0. The van der Waals surface area contributed by atoms with Crippen molar-refractivity contribution in [3.05, 3.63) is 84.9 Å². The van der Waals surface area contributed by atoms with Crippen LogP contribution in [0.4, 0.5) is 0 Å². The summed E-state index contributed by atoms with van der Waals surface area (Å²) in [5.74, 6) is 0.560. The molecule has 0 saturated carbocycles. The fourth-order valence-corrected chi connectivity index (χ4v) is 4.22. The molecule has 0 atom stereocenters. The highest BCUT2D eigenvalue weighted by Gasteiger charge is 2.14. The van der Waals surface area contributed by atoms with E-state index in [0.717, 1.165) is 27.6 Å². The van der Waals surface area contributed by atoms with Gasteiger partial charge in [0.25, 0.3) is 0 Å². The van der Waals surface area contributed by atoms with Crippen LogP contribution in [0.5, 0.6) is 5.75 Å². The fourth-order valence-electron chi connectivity index (χ4n) is 4.22. The van der Waals surface area contributed by atoms with E-state index in [1.807, 2.05) is 18.2 Å². The topological polar surface area (TPSA) is 47.5 Å². The average molecular weight is 376 g/mol. The summed E-state index contributed by atoms with van der Waals surface area (Å²) in [5.41, 5.74) is 5.00. The maximum atomic E-state index is 8.95. The Bertz CT molecular complexity index is 1480. The lowest BCUT2D eigenvalue weighted by atomic mass is 10.1. The Balaban J connectivity index is 1.67. The Kier molecular flexibility index (Phi) is 3.46. The van der Waals surface area contributed by atoms with E-state index in [9.17, 15) is 0 Å². The summed E-state index contributed by atoms with van der Waals surface area (Å²) < 4.78 is 13.4. The van der Waals surface area contributed by atoms with Gasteiger partial charge in [-0.2, -0.15) is 0 Å². The van der Waals surface area contributed by atoms with Crippen LogP contribution in [0.3, 0.4) is 0 Å². The number of hydrogen-bond donors (Lipinski definition) is 1. The predicted molar refractivity (Wildman–Crippen MR) is 117 cm³/mol. The van der Waals surface area contributed by atoms with Crippen LogP contribution in [0.1, 0.15) is 0 Å². The van der Waals surface area contributed by atoms with E-state index < -0.39 is 0 Å². The van der Waals surface area contributed by atoms with Gasteiger partial charge in [0.05, 0.1) is 11.0 Å². The summed E-state index contributed by atoms with van der Waals surface area (Å²) in [7, 11) is 0.687. The molecule has 0 unspecified atom stereocenters. The van der Waals surface area contributed by atoms with Crippen molar-refractivity contribution in [3.63, 3.8) is 0 Å². The second-order valence-electron chi connectivity index (χ2n) is 7.03. The lowest BCUT2D eigenvalue weighted by Gasteiger charge is -2.08. The first-order valence-corrected chi connectivity index (χ1v) is 9.41. The Labute approximate surface area is 166 Å². The molecule has 0 spiro atoms. The molecule has 6 aromatic rings. The Morgan fingerprint density at radius 1 is 0.690 bits per heavy atom. The van der Waals surface area contributed by atoms with Crippen LogP contribution in [0, 0.1) is 0 Å². The van der Waals surface area contributed by atoms with Crippen molar-refractivity contribution in [3.8, 4) is 11.4 Å². The minimum atomic E-state index is 0.560. The third kappa shape index (κ3) is 2.38. The maximum absolute atomic E-state index is 8.95. The van der Waals surface area contributed by atoms with E-state index in [1.54, 1.807) is 6.07 Å². The van der Waals surface area contributed by atoms with Crippen LogP contribution < -0.4 is 4.65 Å². The molecule has 0 aliphatic rings. The highest BCUT2D eigenvalue weighted by Crippen LogP contribution is 2.36. The van der Waals surface area contributed by atoms with Crippen LogP contribution in [0.25, 0.3) is 49.4 Å². The lowest BCUT2D eigenvalue weighted by molar-refractivity contribution is 0.454. The first-order valence-electron chi connectivity index (χ1n) is 9.41. The Morgan fingerprint density at radius 2 is 1.31 bits per heavy atom. The Morgan fingerprint density at radius 3 is 2.00 bits per heavy atom. The lowest BCUT2D eigenvalue weighted by Crippen LogP contribution is -1.99. The molecule has 1 radical (unpaired) electrons. The molecule has 29 heavy (non-hydrogen) atoms. The largest absolute Gasteiger partial charge is 0.569 e. The number of hydrogen-bond acceptors (Lipinski definition) is 3. The molecule has 0 bridgehead atoms. The molecule has 0 aliphatic heterocycles. The number of furan rings is 1. The SMILES string of the molecule is O[B]Oc1ccc2oc3ccc(-n4c5ccccc5c5ccccc54)cc3c2c1. The van der Waals surface area contributed by atoms with Crippen molar-refractivity contribution >= 4 is 51.4 Å². The fraction of sp³-hybridized carbons (Fsp3) is 0. The standard InChI is InChI=1S/C24H15BNO3/c27-25-29-16-10-12-24-20(14-16)19-13-15(9-11-23(19)28-24)26-21-7-3-1-5-17(21)18-6-2-4-8-22(18)26/h1-14,27H. The van der Waals surface area contributed by atoms with Crippen LogP contribution in [0.15, 0.2) is 89.3 Å². The molecular weight excluding hydrogens is 361 g/mol. The van der Waals surface area contributed by atoms with E-state index in [0.29, 0.717) is 13.4 Å². The van der Waals surface area contributed by atoms with Gasteiger partial charge in [0.15, 0.2) is 0 Å². The smallest absolute Gasteiger partial charge is 0.537 e. The summed E-state index contributed by atoms with van der Waals surface area (Å²) in [6.45, 7) is 0. The minimum Gasteiger partial charge on any atom is -0.537 e. The van der Waals surface area contributed by atoms with E-state index in [1.165, 1.54) is 21.8 Å². The first-order chi connectivity index (χ1) is 14.3. The first kappa shape index (κ1) is 16.3. The van der Waals surface area contributed by atoms with Gasteiger partial charge >= 0.3 is 7.69 Å². The zero-order chi connectivity index (χ0) is 19.4. The van der Waals surface area contributed by atoms with E-state index in [-0.39, 0.29) is 0 Å². The monoisotopic (exact) mass is 376 g/mol. The van der Waals surface area contributed by atoms with Gasteiger partial charge in [0.2, 0.25) is 0 Å². The molecule has 5 heteroatoms. The predicted octanol–water partition coefficient (Wildman–Crippen LogP) is 5.59. The molecule has 0 fully saturated rings. The molecular formula is C24H15BNO3. The van der Waals surface area contributed by atoms with Crippen LogP contribution in [0.2, 0.25) is 0 Å². The average Bonchev–Trinajstić information content (AvgIpc) is 3.29. The highest BCUT2D eigenvalue weighted by molar-refractivity contribution is 6.17. The minimum absolute atomic E-state index is 0.560. The van der Waals surface area contributed by atoms with Gasteiger partial charge < -0.3 is 18.7 Å². The van der Waals surface area contributed by atoms with Gasteiger partial charge in [-0.1, -0.05) is 36.4 Å². The number of nitrogens with zero attached hydrogens (tertiary/aromatic N) is 1. The molecule has 0 aliphatic carbocycles. The molecule has 0 amide bonds. The molecule has 6 rings (SSSR count). The van der Waals surface area contributed by atoms with Crippen molar-refractivity contribution < 1.29 is 14.1 Å². The highest BCUT2D eigenvalue weighted by atomic mass is 16.5. The van der Waals surface area contributed by atoms with Gasteiger partial charge in [-0.25, -0.2) is 0 Å². The quantitative estimate of drug-likeness (QED) is 0.410. The zero-order valence-electron chi connectivity index (χ0n) is 15.4. The molecule has 2 aromatic heterocycles. The summed E-state index contributed by atoms with van der Waals surface area (Å²) >= 11 is 0. The number of para-hydroxylation sites is 2. The third-order valence-corrected chi connectivity index (χ3v) is 5.45. The van der Waals surface area contributed by atoms with E-state index >= 15 is 0 Å². The molecule has 0 saturated heterocycles. The van der Waals surface area contributed by atoms with Crippen molar-refractivity contribution in [2.24, 2.45) is 0 Å². The number of rotatable bonds is 3.